The number of ether oxygens (including phenoxy) is 4. The highest BCUT2D eigenvalue weighted by molar-refractivity contribution is 7.80. The summed E-state index contributed by atoms with van der Waals surface area (Å²) in [6.07, 6.45) is -0.950. The number of nitrogens with zero attached hydrogens (tertiary/aromatic N) is 2. The molecule has 0 bridgehead atoms. The van der Waals surface area contributed by atoms with E-state index in [-0.39, 0.29) is 34.5 Å². The second kappa shape index (κ2) is 8.28. The van der Waals surface area contributed by atoms with Crippen LogP contribution in [0.5, 0.6) is 34.5 Å². The molecule has 0 aliphatic carbocycles. The van der Waals surface area contributed by atoms with E-state index in [1.807, 2.05) is 0 Å². The van der Waals surface area contributed by atoms with E-state index < -0.39 is 12.3 Å². The Labute approximate surface area is 195 Å². The van der Waals surface area contributed by atoms with Gasteiger partial charge in [-0.25, -0.2) is 10.0 Å². The van der Waals surface area contributed by atoms with Gasteiger partial charge in [0.2, 0.25) is 11.5 Å². The third-order valence-electron chi connectivity index (χ3n) is 5.29. The number of hydrogen-bond donors (Lipinski definition) is 4. The lowest BCUT2D eigenvalue weighted by molar-refractivity contribution is 0.113. The number of hydrazine groups is 1. The number of hydrogen-bond acceptors (Lipinski definition) is 8. The molecule has 0 unspecified atom stereocenters. The highest BCUT2D eigenvalue weighted by Gasteiger charge is 2.48. The third-order valence-corrected chi connectivity index (χ3v) is 5.90. The largest absolute Gasteiger partial charge is 0.502 e. The van der Waals surface area contributed by atoms with Gasteiger partial charge < -0.3 is 39.8 Å². The molecule has 2 aliphatic rings. The van der Waals surface area contributed by atoms with E-state index >= 15 is 0 Å². The zero-order valence-corrected chi connectivity index (χ0v) is 19.3. The monoisotopic (exact) mass is 478 g/mol. The average molecular weight is 479 g/mol. The van der Waals surface area contributed by atoms with Gasteiger partial charge in [-0.3, -0.25) is 0 Å². The van der Waals surface area contributed by atoms with Crippen LogP contribution in [0, 0.1) is 0 Å². The molecule has 2 aromatic rings. The molecule has 2 saturated heterocycles. The van der Waals surface area contributed by atoms with Crippen LogP contribution in [0.3, 0.4) is 0 Å². The van der Waals surface area contributed by atoms with Crippen LogP contribution < -0.4 is 29.6 Å². The van der Waals surface area contributed by atoms with Crippen LogP contribution in [0.25, 0.3) is 0 Å². The number of fused-ring (bicyclic) bond motifs is 1. The van der Waals surface area contributed by atoms with E-state index in [1.165, 1.54) is 28.4 Å². The van der Waals surface area contributed by atoms with Crippen molar-refractivity contribution >= 4 is 34.7 Å². The van der Waals surface area contributed by atoms with Crippen LogP contribution in [-0.2, 0) is 0 Å². The average Bonchev–Trinajstić information content (AvgIpc) is 3.32. The summed E-state index contributed by atoms with van der Waals surface area (Å²) in [4.78, 5) is 0. The lowest BCUT2D eigenvalue weighted by Crippen LogP contribution is -2.36. The van der Waals surface area contributed by atoms with Gasteiger partial charge in [-0.1, -0.05) is 0 Å². The van der Waals surface area contributed by atoms with Crippen molar-refractivity contribution in [1.29, 1.82) is 0 Å². The van der Waals surface area contributed by atoms with Gasteiger partial charge in [0.15, 0.2) is 33.2 Å². The maximum absolute atomic E-state index is 10.3. The Morgan fingerprint density at radius 2 is 0.938 bits per heavy atom. The molecule has 12 heteroatoms. The predicted molar refractivity (Wildman–Crippen MR) is 123 cm³/mol. The highest BCUT2D eigenvalue weighted by Crippen LogP contribution is 2.45. The number of phenolic OH excluding ortho intramolecular Hbond substituents is 2. The van der Waals surface area contributed by atoms with Crippen molar-refractivity contribution in [2.45, 2.75) is 12.3 Å². The molecule has 2 aromatic carbocycles. The molecule has 2 fully saturated rings. The summed E-state index contributed by atoms with van der Waals surface area (Å²) in [7, 11) is 5.84. The summed E-state index contributed by atoms with van der Waals surface area (Å²) in [6.45, 7) is 0. The zero-order chi connectivity index (χ0) is 23.2. The molecular weight excluding hydrogens is 456 g/mol. The lowest BCUT2D eigenvalue weighted by Gasteiger charge is -2.27. The van der Waals surface area contributed by atoms with Crippen molar-refractivity contribution < 1.29 is 29.2 Å². The number of nitrogens with one attached hydrogen (secondary N) is 2. The van der Waals surface area contributed by atoms with E-state index in [2.05, 4.69) is 10.6 Å². The van der Waals surface area contributed by atoms with Gasteiger partial charge in [0.05, 0.1) is 28.4 Å². The van der Waals surface area contributed by atoms with Crippen LogP contribution in [-0.4, -0.2) is 58.9 Å². The summed E-state index contributed by atoms with van der Waals surface area (Å²) >= 11 is 11.2. The van der Waals surface area contributed by atoms with E-state index in [0.717, 1.165) is 0 Å². The quantitative estimate of drug-likeness (QED) is 0.457. The summed E-state index contributed by atoms with van der Waals surface area (Å²) in [5, 5.41) is 31.4. The SMILES string of the molecule is COc1cc([C@H]2NC(=S)N3[C@@H](c4cc(OC)c(O)c(OC)c4)NC(=S)N23)cc(OC)c1O. The Kier molecular flexibility index (Phi) is 5.65. The molecular formula is C20H22N4O6S2. The van der Waals surface area contributed by atoms with E-state index in [4.69, 9.17) is 43.4 Å². The van der Waals surface area contributed by atoms with Crippen LogP contribution in [0.1, 0.15) is 23.5 Å². The van der Waals surface area contributed by atoms with Crippen molar-refractivity contribution in [3.63, 3.8) is 0 Å². The Morgan fingerprint density at radius 1 is 0.656 bits per heavy atom. The Hall–Kier alpha value is -3.38. The number of thiocarbonyl (C=S) groups is 2. The minimum atomic E-state index is -0.475. The first-order chi connectivity index (χ1) is 15.3. The summed E-state index contributed by atoms with van der Waals surface area (Å²) < 4.78 is 21.1. The van der Waals surface area contributed by atoms with Gasteiger partial charge in [0, 0.05) is 11.1 Å². The number of phenols is 2. The van der Waals surface area contributed by atoms with E-state index in [9.17, 15) is 10.2 Å². The van der Waals surface area contributed by atoms with E-state index in [1.54, 1.807) is 34.3 Å². The molecule has 0 radical (unpaired) electrons. The van der Waals surface area contributed by atoms with Crippen molar-refractivity contribution in [2.75, 3.05) is 28.4 Å². The van der Waals surface area contributed by atoms with Gasteiger partial charge in [-0.05, 0) is 48.7 Å². The number of benzene rings is 2. The summed E-state index contributed by atoms with van der Waals surface area (Å²) in [5.74, 6) is 0.835. The van der Waals surface area contributed by atoms with Crippen molar-refractivity contribution in [2.24, 2.45) is 0 Å². The Morgan fingerprint density at radius 3 is 1.19 bits per heavy atom. The molecule has 0 spiro atoms. The second-order valence-electron chi connectivity index (χ2n) is 6.94. The first-order valence-corrected chi connectivity index (χ1v) is 10.2. The fraction of sp³-hybridized carbons (Fsp3) is 0.300. The fourth-order valence-electron chi connectivity index (χ4n) is 3.76. The molecule has 10 nitrogen and oxygen atoms in total. The molecule has 4 N–H and O–H groups in total. The maximum Gasteiger partial charge on any atom is 0.200 e. The number of rotatable bonds is 6. The van der Waals surface area contributed by atoms with Crippen LogP contribution in [0.15, 0.2) is 24.3 Å². The van der Waals surface area contributed by atoms with Gasteiger partial charge >= 0.3 is 0 Å². The molecule has 2 atom stereocenters. The van der Waals surface area contributed by atoms with Crippen molar-refractivity contribution in [1.82, 2.24) is 20.7 Å². The lowest BCUT2D eigenvalue weighted by atomic mass is 10.1. The normalized spacial score (nSPS) is 19.4. The predicted octanol–water partition coefficient (Wildman–Crippen LogP) is 2.12. The maximum atomic E-state index is 10.3. The zero-order valence-electron chi connectivity index (χ0n) is 17.7. The highest BCUT2D eigenvalue weighted by atomic mass is 32.1. The molecule has 0 saturated carbocycles. The number of methoxy groups -OCH3 is 4. The summed E-state index contributed by atoms with van der Waals surface area (Å²) in [5.41, 5.74) is 1.43. The molecule has 0 amide bonds. The van der Waals surface area contributed by atoms with Crippen molar-refractivity contribution in [3.05, 3.63) is 35.4 Å². The molecule has 2 heterocycles. The minimum absolute atomic E-state index is 0.0977. The molecule has 2 aliphatic heterocycles. The van der Waals surface area contributed by atoms with E-state index in [0.29, 0.717) is 21.4 Å². The minimum Gasteiger partial charge on any atom is -0.502 e. The topological polar surface area (TPSA) is 108 Å². The van der Waals surface area contributed by atoms with Crippen LogP contribution in [0.2, 0.25) is 0 Å². The Balaban J connectivity index is 1.74. The second-order valence-corrected chi connectivity index (χ2v) is 7.71. The van der Waals surface area contributed by atoms with Gasteiger partial charge in [0.1, 0.15) is 12.3 Å². The summed E-state index contributed by atoms with van der Waals surface area (Å²) in [6, 6.07) is 6.74. The number of aromatic hydroxyl groups is 2. The van der Waals surface area contributed by atoms with Gasteiger partial charge in [-0.2, -0.15) is 0 Å². The van der Waals surface area contributed by atoms with Gasteiger partial charge in [0.25, 0.3) is 0 Å². The first kappa shape index (κ1) is 21.8. The van der Waals surface area contributed by atoms with Crippen molar-refractivity contribution in [3.8, 4) is 34.5 Å². The molecule has 32 heavy (non-hydrogen) atoms. The Bertz CT molecular complexity index is 962. The fourth-order valence-corrected chi connectivity index (χ4v) is 4.37. The van der Waals surface area contributed by atoms with Crippen LogP contribution >= 0.6 is 24.4 Å². The molecule has 4 rings (SSSR count). The van der Waals surface area contributed by atoms with Gasteiger partial charge in [-0.15, -0.1) is 0 Å². The standard InChI is InChI=1S/C20H22N4O6S2/c1-27-11-5-9(6-12(28-2)15(11)25)17-21-19(31)24-18(22-20(32)23(17)24)10-7-13(29-3)16(26)14(8-10)30-4/h5-8,17-18,25-26H,1-4H3,(H,21,31)(H,22,32)/t17-,18-/m0/s1. The first-order valence-electron chi connectivity index (χ1n) is 9.43. The third kappa shape index (κ3) is 3.31. The molecule has 0 aromatic heterocycles. The smallest absolute Gasteiger partial charge is 0.200 e. The molecule has 170 valence electrons. The van der Waals surface area contributed by atoms with Crippen LogP contribution in [0.4, 0.5) is 0 Å².